The highest BCUT2D eigenvalue weighted by atomic mass is 15.1. The van der Waals surface area contributed by atoms with Crippen LogP contribution in [0.1, 0.15) is 18.5 Å². The number of hydrogen-bond acceptors (Lipinski definition) is 2. The van der Waals surface area contributed by atoms with Gasteiger partial charge in [-0.1, -0.05) is 48.5 Å². The third-order valence-electron chi connectivity index (χ3n) is 2.81. The minimum absolute atomic E-state index is 0.0450. The number of rotatable bonds is 3. The van der Waals surface area contributed by atoms with Gasteiger partial charge >= 0.3 is 0 Å². The Morgan fingerprint density at radius 2 is 1.47 bits per heavy atom. The molecule has 0 fully saturated rings. The Hall–Kier alpha value is -2.27. The molecule has 0 heterocycles. The van der Waals surface area contributed by atoms with Crippen molar-refractivity contribution in [3.63, 3.8) is 0 Å². The monoisotopic (exact) mass is 222 g/mol. The summed E-state index contributed by atoms with van der Waals surface area (Å²) in [7, 11) is 0. The fourth-order valence-electron chi connectivity index (χ4n) is 1.84. The maximum atomic E-state index is 9.29. The van der Waals surface area contributed by atoms with Crippen molar-refractivity contribution >= 4 is 5.69 Å². The van der Waals surface area contributed by atoms with Gasteiger partial charge in [-0.3, -0.25) is 4.90 Å². The number of benzene rings is 2. The second-order valence-corrected chi connectivity index (χ2v) is 3.89. The molecule has 2 heteroatoms. The van der Waals surface area contributed by atoms with Crippen molar-refractivity contribution in [3.8, 4) is 6.19 Å². The van der Waals surface area contributed by atoms with Crippen LogP contribution < -0.4 is 4.90 Å². The first-order valence-corrected chi connectivity index (χ1v) is 5.62. The standard InChI is InChI=1S/C15H14N2/c1-13(14-8-4-2-5-9-14)17(12-16)15-10-6-3-7-11-15/h2-11,13H,1H3. The van der Waals surface area contributed by atoms with Gasteiger partial charge in [0.2, 0.25) is 0 Å². The Balaban J connectivity index is 2.30. The lowest BCUT2D eigenvalue weighted by Crippen LogP contribution is -2.20. The van der Waals surface area contributed by atoms with Gasteiger partial charge in [-0.2, -0.15) is 5.26 Å². The van der Waals surface area contributed by atoms with E-state index in [1.807, 2.05) is 67.6 Å². The predicted octanol–water partition coefficient (Wildman–Crippen LogP) is 3.74. The summed E-state index contributed by atoms with van der Waals surface area (Å²) in [6.45, 7) is 2.03. The summed E-state index contributed by atoms with van der Waals surface area (Å²) in [4.78, 5) is 1.72. The molecule has 0 bridgehead atoms. The summed E-state index contributed by atoms with van der Waals surface area (Å²) in [5.74, 6) is 0. The molecule has 0 N–H and O–H groups in total. The summed E-state index contributed by atoms with van der Waals surface area (Å²) in [6.07, 6.45) is 2.25. The van der Waals surface area contributed by atoms with Gasteiger partial charge in [-0.25, -0.2) is 0 Å². The minimum atomic E-state index is 0.0450. The van der Waals surface area contributed by atoms with E-state index in [0.29, 0.717) is 0 Å². The zero-order valence-corrected chi connectivity index (χ0v) is 9.75. The zero-order valence-electron chi connectivity index (χ0n) is 9.75. The first-order valence-electron chi connectivity index (χ1n) is 5.62. The van der Waals surface area contributed by atoms with Gasteiger partial charge in [0.05, 0.1) is 11.7 Å². The van der Waals surface area contributed by atoms with Crippen LogP contribution in [0.3, 0.4) is 0 Å². The van der Waals surface area contributed by atoms with Crippen LogP contribution in [0.15, 0.2) is 60.7 Å². The Labute approximate surface area is 102 Å². The van der Waals surface area contributed by atoms with Crippen molar-refractivity contribution in [2.24, 2.45) is 0 Å². The van der Waals surface area contributed by atoms with Crippen molar-refractivity contribution in [1.29, 1.82) is 5.26 Å². The Morgan fingerprint density at radius 1 is 0.941 bits per heavy atom. The molecular weight excluding hydrogens is 208 g/mol. The molecule has 0 saturated heterocycles. The van der Waals surface area contributed by atoms with E-state index >= 15 is 0 Å². The molecule has 17 heavy (non-hydrogen) atoms. The molecule has 0 spiro atoms. The quantitative estimate of drug-likeness (QED) is 0.584. The lowest BCUT2D eigenvalue weighted by molar-refractivity contribution is 0.776. The predicted molar refractivity (Wildman–Crippen MR) is 69.4 cm³/mol. The van der Waals surface area contributed by atoms with E-state index in [-0.39, 0.29) is 6.04 Å². The molecule has 1 atom stereocenters. The Bertz CT molecular complexity index is 499. The molecule has 0 aliphatic carbocycles. The summed E-state index contributed by atoms with van der Waals surface area (Å²) in [6, 6.07) is 19.8. The highest BCUT2D eigenvalue weighted by Crippen LogP contribution is 2.25. The van der Waals surface area contributed by atoms with Crippen molar-refractivity contribution in [2.75, 3.05) is 4.90 Å². The molecule has 0 radical (unpaired) electrons. The maximum absolute atomic E-state index is 9.29. The molecular formula is C15H14N2. The van der Waals surface area contributed by atoms with Crippen LogP contribution >= 0.6 is 0 Å². The molecule has 0 amide bonds. The molecule has 2 rings (SSSR count). The van der Waals surface area contributed by atoms with Crippen molar-refractivity contribution in [1.82, 2.24) is 0 Å². The van der Waals surface area contributed by atoms with Gasteiger partial charge < -0.3 is 0 Å². The van der Waals surface area contributed by atoms with E-state index in [0.717, 1.165) is 11.3 Å². The fourth-order valence-corrected chi connectivity index (χ4v) is 1.84. The summed E-state index contributed by atoms with van der Waals surface area (Å²) >= 11 is 0. The molecule has 0 saturated carbocycles. The van der Waals surface area contributed by atoms with E-state index in [1.165, 1.54) is 0 Å². The third-order valence-corrected chi connectivity index (χ3v) is 2.81. The number of para-hydroxylation sites is 1. The van der Waals surface area contributed by atoms with Gasteiger partial charge in [-0.05, 0) is 24.6 Å². The topological polar surface area (TPSA) is 27.0 Å². The molecule has 0 aromatic heterocycles. The number of hydrogen-bond donors (Lipinski definition) is 0. The van der Waals surface area contributed by atoms with Crippen molar-refractivity contribution in [3.05, 3.63) is 66.2 Å². The maximum Gasteiger partial charge on any atom is 0.184 e. The number of nitrogens with zero attached hydrogens (tertiary/aromatic N) is 2. The molecule has 2 nitrogen and oxygen atoms in total. The van der Waals surface area contributed by atoms with E-state index < -0.39 is 0 Å². The lowest BCUT2D eigenvalue weighted by atomic mass is 10.1. The van der Waals surface area contributed by atoms with E-state index in [2.05, 4.69) is 6.19 Å². The van der Waals surface area contributed by atoms with Crippen LogP contribution in [-0.4, -0.2) is 0 Å². The zero-order chi connectivity index (χ0) is 12.1. The van der Waals surface area contributed by atoms with Gasteiger partial charge in [0.15, 0.2) is 6.19 Å². The highest BCUT2D eigenvalue weighted by molar-refractivity contribution is 5.52. The summed E-state index contributed by atoms with van der Waals surface area (Å²) in [5.41, 5.74) is 2.06. The van der Waals surface area contributed by atoms with Crippen molar-refractivity contribution in [2.45, 2.75) is 13.0 Å². The van der Waals surface area contributed by atoms with Gasteiger partial charge in [-0.15, -0.1) is 0 Å². The smallest absolute Gasteiger partial charge is 0.184 e. The number of nitriles is 1. The molecule has 2 aromatic rings. The first kappa shape index (κ1) is 11.2. The Kier molecular flexibility index (Phi) is 3.42. The summed E-state index contributed by atoms with van der Waals surface area (Å²) in [5, 5.41) is 9.29. The average Bonchev–Trinajstić information content (AvgIpc) is 2.42. The summed E-state index contributed by atoms with van der Waals surface area (Å²) < 4.78 is 0. The SMILES string of the molecule is CC(c1ccccc1)N(C#N)c1ccccc1. The first-order chi connectivity index (χ1) is 8.33. The normalized spacial score (nSPS) is 11.5. The molecule has 2 aromatic carbocycles. The van der Waals surface area contributed by atoms with E-state index in [4.69, 9.17) is 0 Å². The van der Waals surface area contributed by atoms with Gasteiger partial charge in [0.1, 0.15) is 0 Å². The van der Waals surface area contributed by atoms with E-state index in [9.17, 15) is 5.26 Å². The fraction of sp³-hybridized carbons (Fsp3) is 0.133. The molecule has 0 aliphatic heterocycles. The van der Waals surface area contributed by atoms with Crippen LogP contribution in [-0.2, 0) is 0 Å². The molecule has 0 aliphatic rings. The van der Waals surface area contributed by atoms with Crippen LogP contribution in [0.2, 0.25) is 0 Å². The van der Waals surface area contributed by atoms with E-state index in [1.54, 1.807) is 4.90 Å². The number of anilines is 1. The molecule has 1 unspecified atom stereocenters. The highest BCUT2D eigenvalue weighted by Gasteiger charge is 2.15. The second kappa shape index (κ2) is 5.18. The third kappa shape index (κ3) is 2.46. The van der Waals surface area contributed by atoms with Crippen LogP contribution in [0.25, 0.3) is 0 Å². The van der Waals surface area contributed by atoms with Crippen LogP contribution in [0, 0.1) is 11.5 Å². The minimum Gasteiger partial charge on any atom is -0.272 e. The average molecular weight is 222 g/mol. The van der Waals surface area contributed by atoms with Crippen LogP contribution in [0.5, 0.6) is 0 Å². The Morgan fingerprint density at radius 3 is 2.00 bits per heavy atom. The van der Waals surface area contributed by atoms with Crippen LogP contribution in [0.4, 0.5) is 5.69 Å². The lowest BCUT2D eigenvalue weighted by Gasteiger charge is -2.23. The van der Waals surface area contributed by atoms with Gasteiger partial charge in [0, 0.05) is 0 Å². The van der Waals surface area contributed by atoms with Crippen molar-refractivity contribution < 1.29 is 0 Å². The molecule has 84 valence electrons. The largest absolute Gasteiger partial charge is 0.272 e. The van der Waals surface area contributed by atoms with Gasteiger partial charge in [0.25, 0.3) is 0 Å². The second-order valence-electron chi connectivity index (χ2n) is 3.89.